The monoisotopic (exact) mass is 384 g/mol. The number of nitrogens with one attached hydrogen (secondary N) is 1. The van der Waals surface area contributed by atoms with Gasteiger partial charge in [0, 0.05) is 19.4 Å². The molecule has 1 aliphatic heterocycles. The molecule has 2 amide bonds. The van der Waals surface area contributed by atoms with Crippen molar-refractivity contribution in [1.29, 1.82) is 0 Å². The lowest BCUT2D eigenvalue weighted by atomic mass is 10.1. The molecule has 0 fully saturated rings. The number of thioether (sulfide) groups is 1. The topological polar surface area (TPSA) is 67.2 Å². The molecule has 10 heteroatoms. The summed E-state index contributed by atoms with van der Waals surface area (Å²) in [4.78, 5) is 30.0. The van der Waals surface area contributed by atoms with Crippen molar-refractivity contribution in [3.8, 4) is 0 Å². The van der Waals surface area contributed by atoms with E-state index in [1.807, 2.05) is 0 Å². The highest BCUT2D eigenvalue weighted by Gasteiger charge is 2.35. The molecule has 1 aliphatic rings. The number of rotatable bonds is 3. The Kier molecular flexibility index (Phi) is 4.70. The largest absolute Gasteiger partial charge is 0.416 e. The van der Waals surface area contributed by atoms with Crippen molar-refractivity contribution in [2.75, 3.05) is 16.8 Å². The number of nitrogens with zero attached hydrogens (tertiary/aromatic N) is 3. The minimum absolute atomic E-state index is 0.0291. The minimum Gasteiger partial charge on any atom is -0.329 e. The van der Waals surface area contributed by atoms with Crippen molar-refractivity contribution >= 4 is 35.0 Å². The predicted octanol–water partition coefficient (Wildman–Crippen LogP) is 2.90. The van der Waals surface area contributed by atoms with Gasteiger partial charge in [0.05, 0.1) is 22.2 Å². The third kappa shape index (κ3) is 3.55. The van der Waals surface area contributed by atoms with Crippen molar-refractivity contribution in [3.05, 3.63) is 36.2 Å². The first-order valence-corrected chi connectivity index (χ1v) is 8.51. The Hall–Kier alpha value is -2.49. The van der Waals surface area contributed by atoms with E-state index >= 15 is 0 Å². The zero-order valence-electron chi connectivity index (χ0n) is 13.9. The number of halogens is 3. The van der Waals surface area contributed by atoms with E-state index in [0.717, 1.165) is 12.1 Å². The van der Waals surface area contributed by atoms with Gasteiger partial charge in [0.25, 0.3) is 0 Å². The van der Waals surface area contributed by atoms with E-state index in [0.29, 0.717) is 5.16 Å². The second kappa shape index (κ2) is 6.67. The second-order valence-electron chi connectivity index (χ2n) is 5.78. The third-order valence-electron chi connectivity index (χ3n) is 3.86. The summed E-state index contributed by atoms with van der Waals surface area (Å²) < 4.78 is 40.4. The summed E-state index contributed by atoms with van der Waals surface area (Å²) in [6.07, 6.45) is -1.20. The number of fused-ring (bicyclic) bond motifs is 1. The maximum atomic E-state index is 12.9. The van der Waals surface area contributed by atoms with Crippen LogP contribution in [0.5, 0.6) is 0 Å². The first kappa shape index (κ1) is 18.3. The average Bonchev–Trinajstić information content (AvgIpc) is 2.96. The van der Waals surface area contributed by atoms with Gasteiger partial charge < -0.3 is 9.88 Å². The van der Waals surface area contributed by atoms with Crippen LogP contribution in [0.3, 0.4) is 0 Å². The van der Waals surface area contributed by atoms with Gasteiger partial charge in [-0.25, -0.2) is 4.98 Å². The quantitative estimate of drug-likeness (QED) is 0.827. The highest BCUT2D eigenvalue weighted by Crippen LogP contribution is 2.37. The molecular formula is C16H15F3N4O2S. The number of aromatic nitrogens is 2. The van der Waals surface area contributed by atoms with E-state index in [-0.39, 0.29) is 23.8 Å². The summed E-state index contributed by atoms with van der Waals surface area (Å²) in [7, 11) is 1.79. The summed E-state index contributed by atoms with van der Waals surface area (Å²) in [6, 6.07) is 2.93. The summed E-state index contributed by atoms with van der Waals surface area (Å²) in [5.41, 5.74) is -0.671. The molecule has 0 saturated carbocycles. The van der Waals surface area contributed by atoms with Gasteiger partial charge in [-0.3, -0.25) is 14.5 Å². The first-order chi connectivity index (χ1) is 12.2. The van der Waals surface area contributed by atoms with Gasteiger partial charge in [0.1, 0.15) is 6.54 Å². The van der Waals surface area contributed by atoms with Crippen molar-refractivity contribution in [2.45, 2.75) is 23.5 Å². The van der Waals surface area contributed by atoms with Crippen LogP contribution in [0.1, 0.15) is 12.5 Å². The van der Waals surface area contributed by atoms with E-state index in [9.17, 15) is 22.8 Å². The minimum atomic E-state index is -4.53. The van der Waals surface area contributed by atoms with Crippen LogP contribution in [0.2, 0.25) is 0 Å². The van der Waals surface area contributed by atoms with Crippen LogP contribution in [0.4, 0.5) is 24.5 Å². The molecule has 0 saturated heterocycles. The lowest BCUT2D eigenvalue weighted by Gasteiger charge is -2.31. The number of imidazole rings is 1. The molecule has 138 valence electrons. The van der Waals surface area contributed by atoms with Crippen LogP contribution in [0, 0.1) is 0 Å². The molecule has 0 radical (unpaired) electrons. The normalized spacial score (nSPS) is 15.4. The molecule has 0 bridgehead atoms. The predicted molar refractivity (Wildman–Crippen MR) is 91.0 cm³/mol. The molecule has 26 heavy (non-hydrogen) atoms. The average molecular weight is 384 g/mol. The van der Waals surface area contributed by atoms with E-state index in [1.165, 1.54) is 22.7 Å². The molecule has 6 nitrogen and oxygen atoms in total. The lowest BCUT2D eigenvalue weighted by molar-refractivity contribution is -0.137. The molecule has 0 unspecified atom stereocenters. The molecule has 2 aromatic rings. The van der Waals surface area contributed by atoms with Crippen molar-refractivity contribution in [2.24, 2.45) is 7.05 Å². The Labute approximate surface area is 151 Å². The Bertz CT molecular complexity index is 865. The van der Waals surface area contributed by atoms with E-state index in [1.54, 1.807) is 30.9 Å². The highest BCUT2D eigenvalue weighted by molar-refractivity contribution is 8.00. The number of aryl methyl sites for hydroxylation is 1. The van der Waals surface area contributed by atoms with Crippen LogP contribution in [0.15, 0.2) is 35.7 Å². The number of benzene rings is 1. The van der Waals surface area contributed by atoms with Gasteiger partial charge >= 0.3 is 6.18 Å². The van der Waals surface area contributed by atoms with Crippen molar-refractivity contribution in [3.63, 3.8) is 0 Å². The Morgan fingerprint density at radius 1 is 1.38 bits per heavy atom. The fourth-order valence-electron chi connectivity index (χ4n) is 2.56. The highest BCUT2D eigenvalue weighted by atomic mass is 32.2. The Morgan fingerprint density at radius 3 is 2.73 bits per heavy atom. The zero-order valence-corrected chi connectivity index (χ0v) is 14.7. The number of hydrogen-bond acceptors (Lipinski definition) is 4. The number of carbonyl (C=O) groups is 2. The van der Waals surface area contributed by atoms with Gasteiger partial charge in [-0.05, 0) is 25.1 Å². The number of alkyl halides is 3. The molecule has 0 spiro atoms. The molecule has 1 aromatic heterocycles. The SMILES string of the molecule is C[C@H](Sc1nccn1C)C(=O)N1CC(=O)Nc2cc(C(F)(F)F)ccc21. The van der Waals surface area contributed by atoms with Gasteiger partial charge in [-0.1, -0.05) is 11.8 Å². The standard InChI is InChI=1S/C16H15F3N4O2S/c1-9(26-15-20-5-6-22(15)2)14(25)23-8-13(24)21-11-7-10(16(17,18)19)3-4-12(11)23/h3-7,9H,8H2,1-2H3,(H,21,24)/t9-/m0/s1. The molecule has 2 heterocycles. The number of hydrogen-bond donors (Lipinski definition) is 1. The molecule has 1 N–H and O–H groups in total. The van der Waals surface area contributed by atoms with E-state index in [4.69, 9.17) is 0 Å². The van der Waals surface area contributed by atoms with Crippen LogP contribution in [-0.2, 0) is 22.8 Å². The van der Waals surface area contributed by atoms with Crippen LogP contribution in [0.25, 0.3) is 0 Å². The molecule has 1 atom stereocenters. The van der Waals surface area contributed by atoms with Crippen molar-refractivity contribution < 1.29 is 22.8 Å². The Morgan fingerprint density at radius 2 is 2.12 bits per heavy atom. The molecule has 1 aromatic carbocycles. The summed E-state index contributed by atoms with van der Waals surface area (Å²) >= 11 is 1.21. The smallest absolute Gasteiger partial charge is 0.329 e. The number of amides is 2. The number of carbonyl (C=O) groups excluding carboxylic acids is 2. The van der Waals surface area contributed by atoms with Gasteiger partial charge in [-0.2, -0.15) is 13.2 Å². The maximum Gasteiger partial charge on any atom is 0.416 e. The van der Waals surface area contributed by atoms with Gasteiger partial charge in [0.15, 0.2) is 5.16 Å². The van der Waals surface area contributed by atoms with Gasteiger partial charge in [-0.15, -0.1) is 0 Å². The summed E-state index contributed by atoms with van der Waals surface area (Å²) in [5.74, 6) is -0.923. The lowest BCUT2D eigenvalue weighted by Crippen LogP contribution is -2.45. The summed E-state index contributed by atoms with van der Waals surface area (Å²) in [6.45, 7) is 1.42. The second-order valence-corrected chi connectivity index (χ2v) is 7.09. The maximum absolute atomic E-state index is 12.9. The van der Waals surface area contributed by atoms with Crippen molar-refractivity contribution in [1.82, 2.24) is 9.55 Å². The summed E-state index contributed by atoms with van der Waals surface area (Å²) in [5, 5.41) is 2.45. The van der Waals surface area contributed by atoms with Crippen LogP contribution >= 0.6 is 11.8 Å². The fraction of sp³-hybridized carbons (Fsp3) is 0.312. The molecule has 0 aliphatic carbocycles. The first-order valence-electron chi connectivity index (χ1n) is 7.63. The zero-order chi connectivity index (χ0) is 19.1. The molecular weight excluding hydrogens is 369 g/mol. The van der Waals surface area contributed by atoms with Crippen LogP contribution in [-0.4, -0.2) is 33.2 Å². The van der Waals surface area contributed by atoms with E-state index < -0.39 is 22.9 Å². The van der Waals surface area contributed by atoms with Gasteiger partial charge in [0.2, 0.25) is 11.8 Å². The van der Waals surface area contributed by atoms with E-state index in [2.05, 4.69) is 10.3 Å². The molecule has 3 rings (SSSR count). The fourth-order valence-corrected chi connectivity index (χ4v) is 3.45. The van der Waals surface area contributed by atoms with Crippen LogP contribution < -0.4 is 10.2 Å². The number of anilines is 2. The Balaban J connectivity index is 1.88. The third-order valence-corrected chi connectivity index (χ3v) is 5.02.